The van der Waals surface area contributed by atoms with Crippen molar-refractivity contribution >= 4 is 21.7 Å². The highest BCUT2D eigenvalue weighted by atomic mass is 79.9. The zero-order valence-corrected chi connectivity index (χ0v) is 13.2. The Balaban J connectivity index is 1.55. The van der Waals surface area contributed by atoms with Crippen LogP contribution in [0.15, 0.2) is 41.0 Å². The van der Waals surface area contributed by atoms with E-state index in [-0.39, 0.29) is 0 Å². The molecule has 2 fully saturated rings. The Kier molecular flexibility index (Phi) is 3.19. The second-order valence-corrected chi connectivity index (χ2v) is 6.82. The largest absolute Gasteiger partial charge is 0.381 e. The van der Waals surface area contributed by atoms with E-state index in [0.29, 0.717) is 5.41 Å². The molecule has 0 radical (unpaired) electrons. The SMILES string of the molecule is Brc1ccc(-c2nccc(N3CC4(CCOC4)C3)n2)cc1. The average molecular weight is 346 g/mol. The van der Waals surface area contributed by atoms with E-state index in [1.54, 1.807) is 0 Å². The summed E-state index contributed by atoms with van der Waals surface area (Å²) < 4.78 is 6.59. The van der Waals surface area contributed by atoms with Gasteiger partial charge in [0.15, 0.2) is 5.82 Å². The van der Waals surface area contributed by atoms with Crippen LogP contribution in [0.5, 0.6) is 0 Å². The van der Waals surface area contributed by atoms with Gasteiger partial charge in [0.2, 0.25) is 0 Å². The normalized spacial score (nSPS) is 19.8. The number of ether oxygens (including phenoxy) is 1. The molecule has 21 heavy (non-hydrogen) atoms. The highest BCUT2D eigenvalue weighted by Crippen LogP contribution is 2.40. The first-order valence-corrected chi connectivity index (χ1v) is 7.95. The predicted octanol–water partition coefficient (Wildman–Crippen LogP) is 3.13. The van der Waals surface area contributed by atoms with Crippen LogP contribution in [0.2, 0.25) is 0 Å². The highest BCUT2D eigenvalue weighted by Gasteiger charge is 2.46. The van der Waals surface area contributed by atoms with Gasteiger partial charge < -0.3 is 9.64 Å². The summed E-state index contributed by atoms with van der Waals surface area (Å²) in [7, 11) is 0. The quantitative estimate of drug-likeness (QED) is 0.838. The van der Waals surface area contributed by atoms with E-state index in [0.717, 1.165) is 48.0 Å². The summed E-state index contributed by atoms with van der Waals surface area (Å²) in [5.74, 6) is 1.80. The zero-order chi connectivity index (χ0) is 14.3. The topological polar surface area (TPSA) is 38.2 Å². The number of anilines is 1. The van der Waals surface area contributed by atoms with Gasteiger partial charge in [-0.2, -0.15) is 0 Å². The van der Waals surface area contributed by atoms with E-state index >= 15 is 0 Å². The van der Waals surface area contributed by atoms with Crippen LogP contribution in [0.4, 0.5) is 5.82 Å². The van der Waals surface area contributed by atoms with Crippen molar-refractivity contribution in [2.75, 3.05) is 31.2 Å². The fraction of sp³-hybridized carbons (Fsp3) is 0.375. The third kappa shape index (κ3) is 2.45. The molecule has 2 aromatic rings. The summed E-state index contributed by atoms with van der Waals surface area (Å²) in [5.41, 5.74) is 1.42. The van der Waals surface area contributed by atoms with Crippen molar-refractivity contribution in [1.82, 2.24) is 9.97 Å². The molecule has 2 aliphatic heterocycles. The van der Waals surface area contributed by atoms with Crippen molar-refractivity contribution in [3.63, 3.8) is 0 Å². The molecule has 4 rings (SSSR count). The number of benzene rings is 1. The fourth-order valence-corrected chi connectivity index (χ4v) is 3.35. The van der Waals surface area contributed by atoms with Crippen LogP contribution in [-0.2, 0) is 4.74 Å². The zero-order valence-electron chi connectivity index (χ0n) is 11.6. The Hall–Kier alpha value is -1.46. The Morgan fingerprint density at radius 3 is 2.67 bits per heavy atom. The lowest BCUT2D eigenvalue weighted by molar-refractivity contribution is 0.131. The van der Waals surface area contributed by atoms with E-state index in [1.807, 2.05) is 36.5 Å². The number of nitrogens with zero attached hydrogens (tertiary/aromatic N) is 3. The third-order valence-electron chi connectivity index (χ3n) is 4.30. The number of aromatic nitrogens is 2. The van der Waals surface area contributed by atoms with Gasteiger partial charge in [-0.25, -0.2) is 9.97 Å². The predicted molar refractivity (Wildman–Crippen MR) is 85.3 cm³/mol. The van der Waals surface area contributed by atoms with E-state index in [2.05, 4.69) is 25.8 Å². The molecular formula is C16H16BrN3O. The summed E-state index contributed by atoms with van der Waals surface area (Å²) in [6, 6.07) is 10.1. The van der Waals surface area contributed by atoms with Crippen molar-refractivity contribution in [1.29, 1.82) is 0 Å². The van der Waals surface area contributed by atoms with Crippen LogP contribution in [0.3, 0.4) is 0 Å². The molecule has 0 aliphatic carbocycles. The maximum Gasteiger partial charge on any atom is 0.161 e. The first-order valence-electron chi connectivity index (χ1n) is 7.16. The molecule has 3 heterocycles. The van der Waals surface area contributed by atoms with E-state index < -0.39 is 0 Å². The second kappa shape index (κ2) is 5.07. The van der Waals surface area contributed by atoms with Crippen LogP contribution < -0.4 is 4.90 Å². The molecule has 2 saturated heterocycles. The molecule has 0 N–H and O–H groups in total. The van der Waals surface area contributed by atoms with Crippen molar-refractivity contribution in [3.05, 3.63) is 41.0 Å². The van der Waals surface area contributed by atoms with Gasteiger partial charge in [-0.15, -0.1) is 0 Å². The van der Waals surface area contributed by atoms with Gasteiger partial charge in [0.25, 0.3) is 0 Å². The summed E-state index contributed by atoms with van der Waals surface area (Å²) >= 11 is 3.45. The summed E-state index contributed by atoms with van der Waals surface area (Å²) in [4.78, 5) is 11.4. The number of hydrogen-bond donors (Lipinski definition) is 0. The van der Waals surface area contributed by atoms with Crippen molar-refractivity contribution in [2.24, 2.45) is 5.41 Å². The minimum Gasteiger partial charge on any atom is -0.381 e. The lowest BCUT2D eigenvalue weighted by Crippen LogP contribution is -2.57. The Morgan fingerprint density at radius 2 is 1.95 bits per heavy atom. The minimum atomic E-state index is 0.378. The summed E-state index contributed by atoms with van der Waals surface area (Å²) in [6.45, 7) is 3.89. The standard InChI is InChI=1S/C16H16BrN3O/c17-13-3-1-12(2-4-13)15-18-7-5-14(19-15)20-9-16(10-20)6-8-21-11-16/h1-5,7H,6,8-11H2. The van der Waals surface area contributed by atoms with E-state index in [1.165, 1.54) is 6.42 Å². The molecule has 0 amide bonds. The minimum absolute atomic E-state index is 0.378. The third-order valence-corrected chi connectivity index (χ3v) is 4.83. The number of halogens is 1. The number of rotatable bonds is 2. The molecule has 108 valence electrons. The average Bonchev–Trinajstić information content (AvgIpc) is 2.96. The lowest BCUT2D eigenvalue weighted by Gasteiger charge is -2.47. The van der Waals surface area contributed by atoms with Crippen LogP contribution in [0.25, 0.3) is 11.4 Å². The molecule has 5 heteroatoms. The summed E-state index contributed by atoms with van der Waals surface area (Å²) in [6.07, 6.45) is 3.02. The van der Waals surface area contributed by atoms with E-state index in [9.17, 15) is 0 Å². The highest BCUT2D eigenvalue weighted by molar-refractivity contribution is 9.10. The van der Waals surface area contributed by atoms with Crippen LogP contribution in [-0.4, -0.2) is 36.3 Å². The first kappa shape index (κ1) is 13.2. The molecule has 1 spiro atoms. The molecule has 0 atom stereocenters. The van der Waals surface area contributed by atoms with Crippen molar-refractivity contribution < 1.29 is 4.74 Å². The fourth-order valence-electron chi connectivity index (χ4n) is 3.09. The maximum atomic E-state index is 5.53. The Labute approximate surface area is 132 Å². The molecule has 0 unspecified atom stereocenters. The monoisotopic (exact) mass is 345 g/mol. The molecule has 0 bridgehead atoms. The molecule has 1 aromatic carbocycles. The van der Waals surface area contributed by atoms with Crippen LogP contribution in [0, 0.1) is 5.41 Å². The molecule has 4 nitrogen and oxygen atoms in total. The van der Waals surface area contributed by atoms with Gasteiger partial charge in [-0.3, -0.25) is 0 Å². The van der Waals surface area contributed by atoms with Gasteiger partial charge in [0, 0.05) is 41.3 Å². The second-order valence-electron chi connectivity index (χ2n) is 5.90. The molecule has 0 saturated carbocycles. The molecule has 2 aliphatic rings. The first-order chi connectivity index (χ1) is 10.2. The van der Waals surface area contributed by atoms with E-state index in [4.69, 9.17) is 9.72 Å². The summed E-state index contributed by atoms with van der Waals surface area (Å²) in [5, 5.41) is 0. The van der Waals surface area contributed by atoms with Gasteiger partial charge in [0.05, 0.1) is 6.61 Å². The molecular weight excluding hydrogens is 330 g/mol. The molecule has 1 aromatic heterocycles. The van der Waals surface area contributed by atoms with Gasteiger partial charge in [0.1, 0.15) is 5.82 Å². The Bertz CT molecular complexity index is 645. The van der Waals surface area contributed by atoms with Gasteiger partial charge in [-0.05, 0) is 24.6 Å². The van der Waals surface area contributed by atoms with Crippen molar-refractivity contribution in [2.45, 2.75) is 6.42 Å². The maximum absolute atomic E-state index is 5.53. The number of hydrogen-bond acceptors (Lipinski definition) is 4. The smallest absolute Gasteiger partial charge is 0.161 e. The lowest BCUT2D eigenvalue weighted by atomic mass is 9.79. The van der Waals surface area contributed by atoms with Crippen LogP contribution in [0.1, 0.15) is 6.42 Å². The van der Waals surface area contributed by atoms with Gasteiger partial charge in [-0.1, -0.05) is 28.1 Å². The van der Waals surface area contributed by atoms with Crippen molar-refractivity contribution in [3.8, 4) is 11.4 Å². The Morgan fingerprint density at radius 1 is 1.14 bits per heavy atom. The van der Waals surface area contributed by atoms with Crippen LogP contribution >= 0.6 is 15.9 Å². The van der Waals surface area contributed by atoms with Gasteiger partial charge >= 0.3 is 0 Å².